The third-order valence-electron chi connectivity index (χ3n) is 2.87. The van der Waals surface area contributed by atoms with E-state index in [9.17, 15) is 4.79 Å². The Morgan fingerprint density at radius 3 is 2.70 bits per heavy atom. The summed E-state index contributed by atoms with van der Waals surface area (Å²) in [5.74, 6) is -0.266. The number of fused-ring (bicyclic) bond motifs is 1. The minimum Gasteiger partial charge on any atom is -0.320 e. The van der Waals surface area contributed by atoms with Gasteiger partial charge in [-0.05, 0) is 24.3 Å². The van der Waals surface area contributed by atoms with Crippen LogP contribution in [0.3, 0.4) is 0 Å². The zero-order valence-electron chi connectivity index (χ0n) is 10.4. The third kappa shape index (κ3) is 2.33. The number of para-hydroxylation sites is 1. The number of anilines is 1. The number of pyridine rings is 2. The fraction of sp³-hybridized carbons (Fsp3) is 0. The molecule has 0 spiro atoms. The maximum atomic E-state index is 12.1. The summed E-state index contributed by atoms with van der Waals surface area (Å²) >= 11 is 6.10. The zero-order chi connectivity index (χ0) is 13.9. The van der Waals surface area contributed by atoms with Crippen LogP contribution in [0.15, 0.2) is 54.9 Å². The highest BCUT2D eigenvalue weighted by Gasteiger charge is 2.10. The van der Waals surface area contributed by atoms with E-state index < -0.39 is 0 Å². The first-order valence-electron chi connectivity index (χ1n) is 6.01. The van der Waals surface area contributed by atoms with Gasteiger partial charge >= 0.3 is 0 Å². The van der Waals surface area contributed by atoms with Gasteiger partial charge in [0.1, 0.15) is 5.69 Å². The molecule has 3 aromatic rings. The molecule has 0 saturated heterocycles. The van der Waals surface area contributed by atoms with Gasteiger partial charge in [-0.15, -0.1) is 0 Å². The first kappa shape index (κ1) is 12.6. The molecule has 2 aromatic heterocycles. The van der Waals surface area contributed by atoms with Gasteiger partial charge in [0, 0.05) is 17.8 Å². The lowest BCUT2D eigenvalue weighted by Gasteiger charge is -2.08. The molecule has 20 heavy (non-hydrogen) atoms. The highest BCUT2D eigenvalue weighted by Crippen LogP contribution is 2.27. The number of hydrogen-bond donors (Lipinski definition) is 1. The summed E-state index contributed by atoms with van der Waals surface area (Å²) in [5.41, 5.74) is 1.68. The van der Waals surface area contributed by atoms with Crippen LogP contribution in [0, 0.1) is 0 Å². The number of halogens is 1. The molecule has 0 saturated carbocycles. The number of hydrogen-bond acceptors (Lipinski definition) is 3. The van der Waals surface area contributed by atoms with Crippen LogP contribution >= 0.6 is 11.6 Å². The van der Waals surface area contributed by atoms with E-state index in [4.69, 9.17) is 11.6 Å². The zero-order valence-corrected chi connectivity index (χ0v) is 11.1. The number of amides is 1. The Kier molecular flexibility index (Phi) is 3.31. The maximum Gasteiger partial charge on any atom is 0.274 e. The van der Waals surface area contributed by atoms with Gasteiger partial charge < -0.3 is 5.32 Å². The summed E-state index contributed by atoms with van der Waals surface area (Å²) in [6.45, 7) is 0. The standard InChI is InChI=1S/C15H10ClN3O/c16-11-5-3-4-10-12(7-9-18-14(10)11)19-15(20)13-6-1-2-8-17-13/h1-9H,(H,18,19,20). The quantitative estimate of drug-likeness (QED) is 0.783. The molecule has 0 aliphatic heterocycles. The Labute approximate surface area is 120 Å². The second-order valence-corrected chi connectivity index (χ2v) is 4.57. The van der Waals surface area contributed by atoms with Gasteiger partial charge in [-0.1, -0.05) is 29.8 Å². The SMILES string of the molecule is O=C(Nc1ccnc2c(Cl)cccc12)c1ccccn1. The molecular weight excluding hydrogens is 274 g/mol. The van der Waals surface area contributed by atoms with E-state index >= 15 is 0 Å². The second-order valence-electron chi connectivity index (χ2n) is 4.16. The molecule has 1 N–H and O–H groups in total. The van der Waals surface area contributed by atoms with Crippen molar-refractivity contribution in [2.45, 2.75) is 0 Å². The molecule has 0 aliphatic carbocycles. The normalized spacial score (nSPS) is 10.4. The predicted octanol–water partition coefficient (Wildman–Crippen LogP) is 3.54. The number of rotatable bonds is 2. The van der Waals surface area contributed by atoms with E-state index in [1.54, 1.807) is 42.7 Å². The van der Waals surface area contributed by atoms with Crippen molar-refractivity contribution in [1.82, 2.24) is 9.97 Å². The van der Waals surface area contributed by atoms with Crippen LogP contribution in [-0.4, -0.2) is 15.9 Å². The maximum absolute atomic E-state index is 12.1. The van der Waals surface area contributed by atoms with Crippen LogP contribution in [0.25, 0.3) is 10.9 Å². The molecule has 0 aliphatic rings. The minimum atomic E-state index is -0.266. The van der Waals surface area contributed by atoms with Crippen LogP contribution in [0.1, 0.15) is 10.5 Å². The van der Waals surface area contributed by atoms with E-state index in [-0.39, 0.29) is 5.91 Å². The van der Waals surface area contributed by atoms with Crippen molar-refractivity contribution in [2.75, 3.05) is 5.32 Å². The van der Waals surface area contributed by atoms with Gasteiger partial charge in [-0.3, -0.25) is 14.8 Å². The Hall–Kier alpha value is -2.46. The van der Waals surface area contributed by atoms with Gasteiger partial charge in [0.25, 0.3) is 5.91 Å². The van der Waals surface area contributed by atoms with Crippen molar-refractivity contribution in [3.63, 3.8) is 0 Å². The van der Waals surface area contributed by atoms with Crippen LogP contribution in [0.4, 0.5) is 5.69 Å². The molecule has 2 heterocycles. The van der Waals surface area contributed by atoms with E-state index in [0.29, 0.717) is 21.9 Å². The van der Waals surface area contributed by atoms with Gasteiger partial charge in [-0.25, -0.2) is 0 Å². The molecule has 5 heteroatoms. The smallest absolute Gasteiger partial charge is 0.274 e. The fourth-order valence-corrected chi connectivity index (χ4v) is 2.16. The minimum absolute atomic E-state index is 0.266. The molecule has 4 nitrogen and oxygen atoms in total. The topological polar surface area (TPSA) is 54.9 Å². The molecule has 98 valence electrons. The van der Waals surface area contributed by atoms with E-state index in [1.807, 2.05) is 12.1 Å². The number of carbonyl (C=O) groups excluding carboxylic acids is 1. The number of carbonyl (C=O) groups is 1. The first-order valence-corrected chi connectivity index (χ1v) is 6.39. The Morgan fingerprint density at radius 2 is 1.90 bits per heavy atom. The van der Waals surface area contributed by atoms with Gasteiger partial charge in [-0.2, -0.15) is 0 Å². The molecule has 1 amide bonds. The summed E-state index contributed by atoms with van der Waals surface area (Å²) < 4.78 is 0. The summed E-state index contributed by atoms with van der Waals surface area (Å²) in [6.07, 6.45) is 3.19. The average Bonchev–Trinajstić information content (AvgIpc) is 2.49. The Balaban J connectivity index is 2.00. The van der Waals surface area contributed by atoms with Gasteiger partial charge in [0.05, 0.1) is 16.2 Å². The molecular formula is C15H10ClN3O. The van der Waals surface area contributed by atoms with E-state index in [2.05, 4.69) is 15.3 Å². The highest BCUT2D eigenvalue weighted by molar-refractivity contribution is 6.35. The van der Waals surface area contributed by atoms with Crippen molar-refractivity contribution in [3.8, 4) is 0 Å². The molecule has 1 aromatic carbocycles. The Morgan fingerprint density at radius 1 is 1.00 bits per heavy atom. The monoisotopic (exact) mass is 283 g/mol. The van der Waals surface area contributed by atoms with Crippen molar-refractivity contribution in [1.29, 1.82) is 0 Å². The summed E-state index contributed by atoms with van der Waals surface area (Å²) in [6, 6.07) is 12.4. The van der Waals surface area contributed by atoms with E-state index in [0.717, 1.165) is 5.39 Å². The lowest BCUT2D eigenvalue weighted by molar-refractivity contribution is 0.102. The highest BCUT2D eigenvalue weighted by atomic mass is 35.5. The lowest BCUT2D eigenvalue weighted by atomic mass is 10.2. The number of nitrogens with one attached hydrogen (secondary N) is 1. The van der Waals surface area contributed by atoms with Crippen molar-refractivity contribution >= 4 is 34.1 Å². The van der Waals surface area contributed by atoms with E-state index in [1.165, 1.54) is 0 Å². The number of aromatic nitrogens is 2. The fourth-order valence-electron chi connectivity index (χ4n) is 1.93. The molecule has 0 bridgehead atoms. The van der Waals surface area contributed by atoms with Gasteiger partial charge in [0.15, 0.2) is 0 Å². The predicted molar refractivity (Wildman–Crippen MR) is 78.9 cm³/mol. The second kappa shape index (κ2) is 5.27. The van der Waals surface area contributed by atoms with Crippen LogP contribution < -0.4 is 5.32 Å². The molecule has 0 fully saturated rings. The van der Waals surface area contributed by atoms with Crippen molar-refractivity contribution in [3.05, 3.63) is 65.6 Å². The van der Waals surface area contributed by atoms with Crippen molar-refractivity contribution in [2.24, 2.45) is 0 Å². The number of benzene rings is 1. The summed E-state index contributed by atoms with van der Waals surface area (Å²) in [7, 11) is 0. The van der Waals surface area contributed by atoms with Crippen LogP contribution in [-0.2, 0) is 0 Å². The molecule has 0 unspecified atom stereocenters. The number of nitrogens with zero attached hydrogens (tertiary/aromatic N) is 2. The molecule has 3 rings (SSSR count). The van der Waals surface area contributed by atoms with Crippen LogP contribution in [0.2, 0.25) is 5.02 Å². The molecule has 0 radical (unpaired) electrons. The summed E-state index contributed by atoms with van der Waals surface area (Å²) in [5, 5.41) is 4.18. The lowest BCUT2D eigenvalue weighted by Crippen LogP contribution is -2.13. The Bertz CT molecular complexity index is 774. The first-order chi connectivity index (χ1) is 9.75. The van der Waals surface area contributed by atoms with Crippen LogP contribution in [0.5, 0.6) is 0 Å². The van der Waals surface area contributed by atoms with Crippen molar-refractivity contribution < 1.29 is 4.79 Å². The largest absolute Gasteiger partial charge is 0.320 e. The third-order valence-corrected chi connectivity index (χ3v) is 3.17. The molecule has 0 atom stereocenters. The van der Waals surface area contributed by atoms with Gasteiger partial charge in [0.2, 0.25) is 0 Å². The average molecular weight is 284 g/mol. The summed E-state index contributed by atoms with van der Waals surface area (Å²) in [4.78, 5) is 20.4.